The lowest BCUT2D eigenvalue weighted by Crippen LogP contribution is -2.26. The van der Waals surface area contributed by atoms with E-state index in [4.69, 9.17) is 4.98 Å². The van der Waals surface area contributed by atoms with Gasteiger partial charge in [0, 0.05) is 18.5 Å². The molecule has 1 atom stereocenters. The molecule has 4 aromatic rings. The molecular formula is C24H22FN3O. The van der Waals surface area contributed by atoms with E-state index >= 15 is 0 Å². The van der Waals surface area contributed by atoms with E-state index in [1.54, 1.807) is 0 Å². The van der Waals surface area contributed by atoms with Crippen LogP contribution in [0.15, 0.2) is 78.9 Å². The summed E-state index contributed by atoms with van der Waals surface area (Å²) >= 11 is 0. The van der Waals surface area contributed by atoms with Crippen LogP contribution < -0.4 is 5.32 Å². The highest BCUT2D eigenvalue weighted by Gasteiger charge is 2.17. The maximum Gasteiger partial charge on any atom is 0.251 e. The van der Waals surface area contributed by atoms with Crippen molar-refractivity contribution < 1.29 is 9.18 Å². The Bertz CT molecular complexity index is 1120. The van der Waals surface area contributed by atoms with E-state index in [0.717, 1.165) is 16.9 Å². The predicted octanol–water partition coefficient (Wildman–Crippen LogP) is 4.76. The number of imidazole rings is 1. The van der Waals surface area contributed by atoms with Crippen LogP contribution in [0.25, 0.3) is 11.0 Å². The molecule has 1 unspecified atom stereocenters. The van der Waals surface area contributed by atoms with Gasteiger partial charge in [0.2, 0.25) is 0 Å². The minimum atomic E-state index is -0.356. The van der Waals surface area contributed by atoms with Crippen LogP contribution in [0.2, 0.25) is 0 Å². The highest BCUT2D eigenvalue weighted by Crippen LogP contribution is 2.26. The first kappa shape index (κ1) is 18.9. The molecule has 5 heteroatoms. The van der Waals surface area contributed by atoms with Gasteiger partial charge in [0.05, 0.1) is 17.1 Å². The normalized spacial score (nSPS) is 12.1. The molecule has 0 saturated carbocycles. The van der Waals surface area contributed by atoms with Gasteiger partial charge in [-0.3, -0.25) is 4.79 Å². The number of para-hydroxylation sites is 2. The number of rotatable bonds is 6. The summed E-state index contributed by atoms with van der Waals surface area (Å²) in [4.78, 5) is 17.1. The first-order valence-corrected chi connectivity index (χ1v) is 9.68. The van der Waals surface area contributed by atoms with Gasteiger partial charge in [0.25, 0.3) is 5.91 Å². The number of carbonyl (C=O) groups excluding carboxylic acids is 1. The van der Waals surface area contributed by atoms with Gasteiger partial charge >= 0.3 is 0 Å². The van der Waals surface area contributed by atoms with Crippen molar-refractivity contribution in [3.63, 3.8) is 0 Å². The molecule has 0 radical (unpaired) electrons. The molecule has 1 amide bonds. The number of nitrogens with one attached hydrogen (secondary N) is 1. The Morgan fingerprint density at radius 2 is 1.69 bits per heavy atom. The molecule has 0 spiro atoms. The number of hydrogen-bond donors (Lipinski definition) is 1. The summed E-state index contributed by atoms with van der Waals surface area (Å²) in [7, 11) is 0. The van der Waals surface area contributed by atoms with Crippen LogP contribution in [-0.2, 0) is 6.42 Å². The lowest BCUT2D eigenvalue weighted by molar-refractivity contribution is 0.0954. The van der Waals surface area contributed by atoms with E-state index < -0.39 is 0 Å². The topological polar surface area (TPSA) is 46.9 Å². The standard InChI is InChI=1S/C24H22FN3O/c1-17(18-7-3-2-4-8-18)28-22-10-6-5-9-21(22)27-23(28)15-16-26-24(29)19-11-13-20(25)14-12-19/h2-14,17H,15-16H2,1H3,(H,26,29). The Balaban J connectivity index is 1.55. The Morgan fingerprint density at radius 3 is 2.45 bits per heavy atom. The van der Waals surface area contributed by atoms with Crippen molar-refractivity contribution in [2.24, 2.45) is 0 Å². The highest BCUT2D eigenvalue weighted by molar-refractivity contribution is 5.94. The number of benzene rings is 3. The van der Waals surface area contributed by atoms with Gasteiger partial charge < -0.3 is 9.88 Å². The number of fused-ring (bicyclic) bond motifs is 1. The second-order valence-electron chi connectivity index (χ2n) is 6.99. The van der Waals surface area contributed by atoms with Crippen molar-refractivity contribution >= 4 is 16.9 Å². The average Bonchev–Trinajstić information content (AvgIpc) is 3.12. The Kier molecular flexibility index (Phi) is 5.38. The van der Waals surface area contributed by atoms with Crippen molar-refractivity contribution in [1.82, 2.24) is 14.9 Å². The summed E-state index contributed by atoms with van der Waals surface area (Å²) in [5.74, 6) is 0.343. The molecular weight excluding hydrogens is 365 g/mol. The quantitative estimate of drug-likeness (QED) is 0.519. The molecule has 0 fully saturated rings. The molecule has 1 heterocycles. The zero-order valence-electron chi connectivity index (χ0n) is 16.2. The third kappa shape index (κ3) is 4.04. The molecule has 0 aliphatic rings. The second-order valence-corrected chi connectivity index (χ2v) is 6.99. The van der Waals surface area contributed by atoms with Crippen LogP contribution >= 0.6 is 0 Å². The third-order valence-corrected chi connectivity index (χ3v) is 5.08. The molecule has 4 rings (SSSR count). The van der Waals surface area contributed by atoms with Crippen molar-refractivity contribution in [2.75, 3.05) is 6.54 Å². The monoisotopic (exact) mass is 387 g/mol. The van der Waals surface area contributed by atoms with E-state index in [1.165, 1.54) is 29.8 Å². The van der Waals surface area contributed by atoms with Gasteiger partial charge in [-0.1, -0.05) is 42.5 Å². The fourth-order valence-corrected chi connectivity index (χ4v) is 3.57. The number of carbonyl (C=O) groups is 1. The first-order chi connectivity index (χ1) is 14.1. The van der Waals surface area contributed by atoms with E-state index in [9.17, 15) is 9.18 Å². The summed E-state index contributed by atoms with van der Waals surface area (Å²) in [6.45, 7) is 2.60. The van der Waals surface area contributed by atoms with Crippen LogP contribution in [0.4, 0.5) is 4.39 Å². The second kappa shape index (κ2) is 8.27. The number of nitrogens with zero attached hydrogens (tertiary/aromatic N) is 2. The summed E-state index contributed by atoms with van der Waals surface area (Å²) in [5, 5.41) is 2.90. The minimum Gasteiger partial charge on any atom is -0.352 e. The summed E-state index contributed by atoms with van der Waals surface area (Å²) < 4.78 is 15.3. The van der Waals surface area contributed by atoms with Crippen molar-refractivity contribution in [3.05, 3.63) is 102 Å². The maximum atomic E-state index is 13.0. The van der Waals surface area contributed by atoms with Gasteiger partial charge in [0.15, 0.2) is 0 Å². The molecule has 0 saturated heterocycles. The molecule has 0 bridgehead atoms. The van der Waals surface area contributed by atoms with E-state index in [1.807, 2.05) is 36.4 Å². The largest absolute Gasteiger partial charge is 0.352 e. The van der Waals surface area contributed by atoms with Crippen LogP contribution in [0.3, 0.4) is 0 Å². The van der Waals surface area contributed by atoms with E-state index in [2.05, 4.69) is 35.0 Å². The van der Waals surface area contributed by atoms with Gasteiger partial charge in [0.1, 0.15) is 11.6 Å². The fraction of sp³-hybridized carbons (Fsp3) is 0.167. The van der Waals surface area contributed by atoms with Crippen molar-refractivity contribution in [1.29, 1.82) is 0 Å². The van der Waals surface area contributed by atoms with Gasteiger partial charge in [-0.25, -0.2) is 9.37 Å². The van der Waals surface area contributed by atoms with Crippen LogP contribution in [0, 0.1) is 5.82 Å². The van der Waals surface area contributed by atoms with Crippen LogP contribution in [0.5, 0.6) is 0 Å². The van der Waals surface area contributed by atoms with Crippen LogP contribution in [-0.4, -0.2) is 22.0 Å². The molecule has 29 heavy (non-hydrogen) atoms. The molecule has 4 nitrogen and oxygen atoms in total. The van der Waals surface area contributed by atoms with Gasteiger partial charge in [-0.05, 0) is 48.9 Å². The van der Waals surface area contributed by atoms with Crippen molar-refractivity contribution in [2.45, 2.75) is 19.4 Å². The molecule has 146 valence electrons. The third-order valence-electron chi connectivity index (χ3n) is 5.08. The lowest BCUT2D eigenvalue weighted by atomic mass is 10.1. The first-order valence-electron chi connectivity index (χ1n) is 9.68. The molecule has 1 aromatic heterocycles. The fourth-order valence-electron chi connectivity index (χ4n) is 3.57. The maximum absolute atomic E-state index is 13.0. The average molecular weight is 387 g/mol. The number of amides is 1. The summed E-state index contributed by atoms with van der Waals surface area (Å²) in [6, 6.07) is 24.0. The van der Waals surface area contributed by atoms with Gasteiger partial charge in [-0.2, -0.15) is 0 Å². The Hall–Kier alpha value is -3.47. The summed E-state index contributed by atoms with van der Waals surface area (Å²) in [5.41, 5.74) is 3.66. The van der Waals surface area contributed by atoms with Gasteiger partial charge in [-0.15, -0.1) is 0 Å². The minimum absolute atomic E-state index is 0.117. The Labute approximate surface area is 169 Å². The lowest BCUT2D eigenvalue weighted by Gasteiger charge is -2.18. The SMILES string of the molecule is CC(c1ccccc1)n1c(CCNC(=O)c2ccc(F)cc2)nc2ccccc21. The molecule has 1 N–H and O–H groups in total. The molecule has 0 aliphatic carbocycles. The smallest absolute Gasteiger partial charge is 0.251 e. The van der Waals surface area contributed by atoms with Crippen molar-refractivity contribution in [3.8, 4) is 0 Å². The van der Waals surface area contributed by atoms with E-state index in [0.29, 0.717) is 18.5 Å². The molecule has 0 aliphatic heterocycles. The summed E-state index contributed by atoms with van der Waals surface area (Å²) in [6.07, 6.45) is 0.596. The number of aromatic nitrogens is 2. The Morgan fingerprint density at radius 1 is 1.00 bits per heavy atom. The number of hydrogen-bond acceptors (Lipinski definition) is 2. The predicted molar refractivity (Wildman–Crippen MR) is 112 cm³/mol. The molecule has 3 aromatic carbocycles. The van der Waals surface area contributed by atoms with E-state index in [-0.39, 0.29) is 17.8 Å². The van der Waals surface area contributed by atoms with Crippen LogP contribution in [0.1, 0.15) is 34.7 Å². The number of halogens is 1. The zero-order valence-corrected chi connectivity index (χ0v) is 16.2. The zero-order chi connectivity index (χ0) is 20.2. The highest BCUT2D eigenvalue weighted by atomic mass is 19.1.